The van der Waals surface area contributed by atoms with Crippen LogP contribution >= 0.6 is 0 Å². The van der Waals surface area contributed by atoms with Gasteiger partial charge in [-0.25, -0.2) is 0 Å². The molecule has 30 N–H and O–H groups in total. The van der Waals surface area contributed by atoms with E-state index in [1.54, 1.807) is 119 Å². The molecule has 16 atom stereocenters. The van der Waals surface area contributed by atoms with E-state index in [2.05, 4.69) is 89.7 Å². The first-order valence-electron chi connectivity index (χ1n) is 46.2. The second kappa shape index (κ2) is 55.4. The largest absolute Gasteiger partial charge is 0.508 e. The number of aliphatic hydroxyl groups is 1. The third-order valence-electron chi connectivity index (χ3n) is 23.2. The number of rotatable bonds is 58. The zero-order chi connectivity index (χ0) is 102. The summed E-state index contributed by atoms with van der Waals surface area (Å²) in [6.45, 7) is 11.3. The highest BCUT2D eigenvalue weighted by molar-refractivity contribution is 6.02. The Morgan fingerprint density at radius 2 is 0.676 bits per heavy atom. The summed E-state index contributed by atoms with van der Waals surface area (Å²) in [7, 11) is 0. The van der Waals surface area contributed by atoms with Crippen molar-refractivity contribution in [3.05, 3.63) is 168 Å². The third kappa shape index (κ3) is 36.0. The van der Waals surface area contributed by atoms with Gasteiger partial charge in [-0.2, -0.15) is 0 Å². The number of phenols is 2. The Morgan fingerprint density at radius 3 is 1.10 bits per heavy atom. The Bertz CT molecular complexity index is 5400. The summed E-state index contributed by atoms with van der Waals surface area (Å²) in [5.41, 5.74) is 31.5. The number of nitrogens with one attached hydrogen (secondary N) is 17. The van der Waals surface area contributed by atoms with Gasteiger partial charge in [-0.3, -0.25) is 86.3 Å². The fraction of sp³-hybridized carbons (Fsp3) is 0.458. The van der Waals surface area contributed by atoms with Crippen LogP contribution in [0.3, 0.4) is 0 Å². The highest BCUT2D eigenvalue weighted by atomic mass is 16.3. The molecule has 0 aliphatic heterocycles. The fourth-order valence-electron chi connectivity index (χ4n) is 15.2. The molecule has 0 saturated carbocycles. The van der Waals surface area contributed by atoms with Gasteiger partial charge in [-0.1, -0.05) is 125 Å². The summed E-state index contributed by atoms with van der Waals surface area (Å²) in [5.74, 6) is -18.2. The predicted octanol–water partition coefficient (Wildman–Crippen LogP) is -2.11. The lowest BCUT2D eigenvalue weighted by Gasteiger charge is -2.29. The minimum absolute atomic E-state index is 0.0715. The maximum absolute atomic E-state index is 15.5. The standard InChI is InChI=1S/C96H132N22O21/c1-9-52(4)81(118-94(137)76(46-61-49-103-67-26-16-14-24-65(61)67)116-91(134)72(42-57-21-11-10-12-22-57)114-90(133)74(44-59-31-35-63(122)36-32-59)113-87(130)70(37-38-79(99)123)108-83(126)53(5)104-56(8)120)96(139)106-55(7)85(128)110-75(45-60-48-102-66-25-15-13-23-64(60)66)92(135)115-73(43-58-29-33-62(121)34-30-58)89(132)109-69(28-18-20-40-98)86(129)112-71(41-51(2)3)88(131)105-54(6)84(127)111-77(47-80(100)124)93(136)117-78(50-119)95(138)107-68(82(101)125)27-17-19-39-97/h10-16,21-26,29-36,48-49,51-55,68-78,81,102-103,119,121-122H,9,17-20,27-28,37-47,50,97-98H2,1-8H3,(H2,99,123)(H2,100,124)(H2,101,125)(H,104,120)(H,105,131)(H,106,139)(H,107,138)(H,108,126)(H,109,132)(H,110,128)(H,111,127)(H,112,129)(H,113,130)(H,114,133)(H,115,135)(H,116,134)(H,117,136)(H,118,137)/t52-,53-,54-,55-,68-,69-,70-,71-,72-,73-,74-,75-,76-,77-,78-,81-/m0/s1. The number of aliphatic hydroxyl groups excluding tert-OH is 1. The van der Waals surface area contributed by atoms with Crippen molar-refractivity contribution in [2.24, 2.45) is 40.5 Å². The van der Waals surface area contributed by atoms with Crippen LogP contribution in [0.4, 0.5) is 0 Å². The molecule has 0 radical (unpaired) electrons. The fourth-order valence-corrected chi connectivity index (χ4v) is 15.2. The van der Waals surface area contributed by atoms with E-state index in [0.717, 1.165) is 0 Å². The number of para-hydroxylation sites is 2. The summed E-state index contributed by atoms with van der Waals surface area (Å²) in [6.07, 6.45) is 1.88. The third-order valence-corrected chi connectivity index (χ3v) is 23.2. The molecule has 5 aromatic carbocycles. The van der Waals surface area contributed by atoms with E-state index >= 15 is 33.6 Å². The Labute approximate surface area is 803 Å². The van der Waals surface area contributed by atoms with Gasteiger partial charge in [0.2, 0.25) is 106 Å². The summed E-state index contributed by atoms with van der Waals surface area (Å²) >= 11 is 0. The Morgan fingerprint density at radius 1 is 0.338 bits per heavy atom. The first kappa shape index (κ1) is 111. The first-order valence-corrected chi connectivity index (χ1v) is 46.2. The lowest BCUT2D eigenvalue weighted by molar-refractivity contribution is -0.136. The van der Waals surface area contributed by atoms with Gasteiger partial charge < -0.3 is 134 Å². The number of aromatic hydroxyl groups is 2. The topological polar surface area (TPSA) is 710 Å². The maximum atomic E-state index is 15.5. The van der Waals surface area contributed by atoms with Crippen LogP contribution in [0.5, 0.6) is 11.5 Å². The van der Waals surface area contributed by atoms with Crippen molar-refractivity contribution in [2.45, 2.75) is 249 Å². The summed E-state index contributed by atoms with van der Waals surface area (Å²) in [4.78, 5) is 259. The zero-order valence-electron chi connectivity index (χ0n) is 79.1. The van der Waals surface area contributed by atoms with Crippen LogP contribution in [0.2, 0.25) is 0 Å². The Balaban J connectivity index is 1.14. The highest BCUT2D eigenvalue weighted by Gasteiger charge is 2.40. The van der Waals surface area contributed by atoms with E-state index in [-0.39, 0.29) is 101 Å². The molecule has 0 fully saturated rings. The highest BCUT2D eigenvalue weighted by Crippen LogP contribution is 2.24. The van der Waals surface area contributed by atoms with Gasteiger partial charge in [0.15, 0.2) is 0 Å². The van der Waals surface area contributed by atoms with Crippen molar-refractivity contribution in [1.82, 2.24) is 89.7 Å². The average Bonchev–Trinajstić information content (AvgIpc) is 1.76. The second-order valence-electron chi connectivity index (χ2n) is 34.9. The molecule has 139 heavy (non-hydrogen) atoms. The molecule has 2 heterocycles. The molecule has 0 aliphatic carbocycles. The number of carbonyl (C=O) groups is 18. The molecule has 7 rings (SSSR count). The van der Waals surface area contributed by atoms with Gasteiger partial charge in [0.05, 0.1) is 13.0 Å². The van der Waals surface area contributed by atoms with Crippen molar-refractivity contribution in [1.29, 1.82) is 0 Å². The number of nitrogens with two attached hydrogens (primary N) is 5. The van der Waals surface area contributed by atoms with Crippen molar-refractivity contribution >= 4 is 128 Å². The predicted molar refractivity (Wildman–Crippen MR) is 513 cm³/mol. The van der Waals surface area contributed by atoms with E-state index in [9.17, 15) is 68.1 Å². The smallest absolute Gasteiger partial charge is 0.245 e. The van der Waals surface area contributed by atoms with Crippen molar-refractivity contribution < 1.29 is 102 Å². The lowest BCUT2D eigenvalue weighted by atomic mass is 9.96. The molecule has 18 amide bonds. The molecule has 7 aromatic rings. The number of phenolic OH excluding ortho intramolecular Hbond substituents is 2. The molecule has 752 valence electrons. The number of H-pyrrole nitrogens is 2. The molecule has 0 spiro atoms. The maximum Gasteiger partial charge on any atom is 0.245 e. The molecule has 0 saturated heterocycles. The first-order chi connectivity index (χ1) is 66.1. The molecule has 43 nitrogen and oxygen atoms in total. The van der Waals surface area contributed by atoms with Gasteiger partial charge in [0, 0.05) is 79.6 Å². The molecule has 0 bridgehead atoms. The Hall–Kier alpha value is -14.9. The number of hydrogen-bond acceptors (Lipinski definition) is 23. The number of aromatic amines is 2. The van der Waals surface area contributed by atoms with Gasteiger partial charge in [0.1, 0.15) is 102 Å². The average molecular weight is 1930 g/mol. The second-order valence-corrected chi connectivity index (χ2v) is 34.9. The summed E-state index contributed by atoms with van der Waals surface area (Å²) < 4.78 is 0. The lowest BCUT2D eigenvalue weighted by Crippen LogP contribution is -2.62. The van der Waals surface area contributed by atoms with Crippen LogP contribution in [0.25, 0.3) is 21.8 Å². The molecule has 2 aromatic heterocycles. The molecular formula is C96H132N22O21. The SMILES string of the molecule is CC[C@H](C)[C@H](NC(=O)[C@H](Cc1c[nH]c2ccccc12)NC(=O)[C@H](Cc1ccccc1)NC(=O)[C@H](Cc1ccc(O)cc1)NC(=O)[C@H](CCC(N)=O)NC(=O)[C@H](C)NC(C)=O)C(=O)N[C@@H](C)C(=O)N[C@@H](Cc1c[nH]c2ccccc12)C(=O)N[C@@H](Cc1ccc(O)cc1)C(=O)N[C@@H](CCCCN)C(=O)N[C@@H](CC(C)C)C(=O)N[C@@H](C)C(=O)N[C@@H](CC(N)=O)C(=O)N[C@@H](CO)C(=O)N[C@@H](CCCCN)C(N)=O. The van der Waals surface area contributed by atoms with Gasteiger partial charge >= 0.3 is 0 Å². The molecule has 43 heteroatoms. The van der Waals surface area contributed by atoms with Crippen LogP contribution in [-0.2, 0) is 118 Å². The molecule has 0 aliphatic rings. The Kier molecular flexibility index (Phi) is 44.3. The number of unbranched alkanes of at least 4 members (excludes halogenated alkanes) is 2. The number of hydrogen-bond donors (Lipinski definition) is 25. The summed E-state index contributed by atoms with van der Waals surface area (Å²) in [5, 5.41) is 71.0. The minimum Gasteiger partial charge on any atom is -0.508 e. The molecular weight excluding hydrogens is 1800 g/mol. The van der Waals surface area contributed by atoms with Gasteiger partial charge in [-0.15, -0.1) is 0 Å². The van der Waals surface area contributed by atoms with E-state index in [0.29, 0.717) is 68.9 Å². The summed E-state index contributed by atoms with van der Waals surface area (Å²) in [6, 6.07) is 11.1. The van der Waals surface area contributed by atoms with Crippen molar-refractivity contribution in [3.8, 4) is 11.5 Å². The number of primary amides is 3. The number of carbonyl (C=O) groups excluding carboxylic acids is 18. The van der Waals surface area contributed by atoms with Crippen LogP contribution < -0.4 is 108 Å². The normalized spacial score (nSPS) is 14.7. The van der Waals surface area contributed by atoms with Gasteiger partial charge in [-0.05, 0) is 161 Å². The van der Waals surface area contributed by atoms with Crippen LogP contribution in [0.1, 0.15) is 154 Å². The van der Waals surface area contributed by atoms with E-state index in [1.165, 1.54) is 76.2 Å². The molecule has 0 unspecified atom stereocenters. The van der Waals surface area contributed by atoms with Crippen LogP contribution in [0, 0.1) is 11.8 Å². The monoisotopic (exact) mass is 1930 g/mol. The van der Waals surface area contributed by atoms with Crippen molar-refractivity contribution in [3.63, 3.8) is 0 Å². The number of fused-ring (bicyclic) bond motifs is 2. The van der Waals surface area contributed by atoms with E-state index < -0.39 is 222 Å². The van der Waals surface area contributed by atoms with Gasteiger partial charge in [0.25, 0.3) is 0 Å². The van der Waals surface area contributed by atoms with Crippen molar-refractivity contribution in [2.75, 3.05) is 19.7 Å². The minimum atomic E-state index is -1.80. The number of amides is 18. The zero-order valence-corrected chi connectivity index (χ0v) is 79.1. The van der Waals surface area contributed by atoms with E-state index in [4.69, 9.17) is 28.7 Å². The number of aromatic nitrogens is 2. The van der Waals surface area contributed by atoms with E-state index in [1.807, 2.05) is 0 Å². The quantitative estimate of drug-likeness (QED) is 0.0182. The van der Waals surface area contributed by atoms with Crippen LogP contribution in [0.15, 0.2) is 140 Å². The van der Waals surface area contributed by atoms with Crippen LogP contribution in [-0.4, -0.2) is 242 Å². The number of benzene rings is 5.